The van der Waals surface area contributed by atoms with Crippen LogP contribution in [0.5, 0.6) is 0 Å². The van der Waals surface area contributed by atoms with Crippen LogP contribution in [-0.2, 0) is 16.4 Å². The van der Waals surface area contributed by atoms with Crippen LogP contribution in [0.4, 0.5) is 0 Å². The largest absolute Gasteiger partial charge is 0.332 e. The van der Waals surface area contributed by atoms with Gasteiger partial charge in [0, 0.05) is 19.5 Å². The van der Waals surface area contributed by atoms with Crippen LogP contribution in [0.2, 0.25) is 0 Å². The summed E-state index contributed by atoms with van der Waals surface area (Å²) < 4.78 is 26.0. The molecule has 0 amide bonds. The topological polar surface area (TPSA) is 66.1 Å². The maximum Gasteiger partial charge on any atom is 0.260 e. The van der Waals surface area contributed by atoms with Crippen molar-refractivity contribution in [2.45, 2.75) is 39.1 Å². The molecule has 0 aliphatic rings. The van der Waals surface area contributed by atoms with Crippen LogP contribution in [0, 0.1) is 5.92 Å². The zero-order chi connectivity index (χ0) is 13.1. The molecule has 1 heterocycles. The van der Waals surface area contributed by atoms with E-state index < -0.39 is 10.0 Å². The van der Waals surface area contributed by atoms with Crippen molar-refractivity contribution in [3.8, 4) is 0 Å². The molecule has 1 N–H and O–H groups in total. The van der Waals surface area contributed by atoms with E-state index in [1.807, 2.05) is 27.7 Å². The van der Waals surface area contributed by atoms with Gasteiger partial charge in [0.1, 0.15) is 5.82 Å². The third kappa shape index (κ3) is 3.29. The number of aromatic nitrogens is 2. The first kappa shape index (κ1) is 14.2. The number of rotatable bonds is 6. The molecule has 98 valence electrons. The van der Waals surface area contributed by atoms with Gasteiger partial charge in [-0.05, 0) is 5.92 Å². The molecule has 0 aromatic carbocycles. The van der Waals surface area contributed by atoms with Crippen molar-refractivity contribution >= 4 is 10.0 Å². The molecule has 1 rings (SSSR count). The molecule has 1 aromatic rings. The van der Waals surface area contributed by atoms with Gasteiger partial charge in [0.15, 0.2) is 5.03 Å². The van der Waals surface area contributed by atoms with Crippen LogP contribution >= 0.6 is 0 Å². The first-order chi connectivity index (χ1) is 7.91. The van der Waals surface area contributed by atoms with Gasteiger partial charge in [0.05, 0.1) is 6.20 Å². The summed E-state index contributed by atoms with van der Waals surface area (Å²) >= 11 is 0. The fourth-order valence-electron chi connectivity index (χ4n) is 1.60. The molecule has 0 unspecified atom stereocenters. The Morgan fingerprint density at radius 1 is 1.41 bits per heavy atom. The fraction of sp³-hybridized carbons (Fsp3) is 0.727. The summed E-state index contributed by atoms with van der Waals surface area (Å²) in [6, 6.07) is 0. The number of H-pyrrole nitrogens is 1. The molecule has 0 atom stereocenters. The number of aromatic amines is 1. The van der Waals surface area contributed by atoms with Gasteiger partial charge in [0.2, 0.25) is 0 Å². The maximum absolute atomic E-state index is 12.3. The third-order valence-corrected chi connectivity index (χ3v) is 4.33. The van der Waals surface area contributed by atoms with E-state index in [1.165, 1.54) is 10.5 Å². The molecule has 5 nitrogen and oxygen atoms in total. The molecule has 0 saturated heterocycles. The first-order valence-corrected chi connectivity index (χ1v) is 7.39. The third-order valence-electron chi connectivity index (χ3n) is 2.48. The second-order valence-electron chi connectivity index (χ2n) is 4.40. The predicted molar refractivity (Wildman–Crippen MR) is 67.2 cm³/mol. The van der Waals surface area contributed by atoms with Crippen molar-refractivity contribution in [3.05, 3.63) is 12.0 Å². The molecular formula is C11H21N3O2S. The second kappa shape index (κ2) is 5.64. The Morgan fingerprint density at radius 2 is 2.06 bits per heavy atom. The summed E-state index contributed by atoms with van der Waals surface area (Å²) in [6.07, 6.45) is 2.10. The first-order valence-electron chi connectivity index (χ1n) is 5.95. The van der Waals surface area contributed by atoms with E-state index in [1.54, 1.807) is 0 Å². The summed E-state index contributed by atoms with van der Waals surface area (Å²) in [4.78, 5) is 6.89. The number of hydrogen-bond donors (Lipinski definition) is 1. The van der Waals surface area contributed by atoms with Gasteiger partial charge < -0.3 is 4.98 Å². The lowest BCUT2D eigenvalue weighted by Crippen LogP contribution is -2.34. The van der Waals surface area contributed by atoms with Crippen molar-refractivity contribution in [2.75, 3.05) is 13.1 Å². The van der Waals surface area contributed by atoms with Crippen LogP contribution in [-0.4, -0.2) is 35.8 Å². The highest BCUT2D eigenvalue weighted by Gasteiger charge is 2.25. The number of sulfonamides is 1. The van der Waals surface area contributed by atoms with Gasteiger partial charge in [0.25, 0.3) is 10.0 Å². The van der Waals surface area contributed by atoms with Crippen molar-refractivity contribution in [1.29, 1.82) is 0 Å². The molecule has 0 aliphatic carbocycles. The van der Waals surface area contributed by atoms with Gasteiger partial charge in [-0.1, -0.05) is 27.7 Å². The summed E-state index contributed by atoms with van der Waals surface area (Å²) in [5.74, 6) is 1.00. The highest BCUT2D eigenvalue weighted by molar-refractivity contribution is 7.89. The average Bonchev–Trinajstić information content (AvgIpc) is 2.74. The Balaban J connectivity index is 2.99. The molecule has 0 fully saturated rings. The smallest absolute Gasteiger partial charge is 0.260 e. The van der Waals surface area contributed by atoms with E-state index in [4.69, 9.17) is 0 Å². The quantitative estimate of drug-likeness (QED) is 0.844. The minimum Gasteiger partial charge on any atom is -0.332 e. The van der Waals surface area contributed by atoms with Crippen LogP contribution in [0.15, 0.2) is 11.2 Å². The molecule has 0 bridgehead atoms. The van der Waals surface area contributed by atoms with E-state index >= 15 is 0 Å². The second-order valence-corrected chi connectivity index (χ2v) is 6.30. The Kier molecular flexibility index (Phi) is 4.70. The van der Waals surface area contributed by atoms with Crippen LogP contribution in [0.3, 0.4) is 0 Å². The standard InChI is InChI=1S/C11H21N3O2S/c1-5-10-12-7-11(13-10)17(15,16)14(6-2)8-9(3)4/h7,9H,5-6,8H2,1-4H3,(H,12,13). The van der Waals surface area contributed by atoms with Crippen LogP contribution in [0.1, 0.15) is 33.5 Å². The zero-order valence-electron chi connectivity index (χ0n) is 10.9. The molecule has 1 aromatic heterocycles. The van der Waals surface area contributed by atoms with Crippen LogP contribution < -0.4 is 0 Å². The normalized spacial score (nSPS) is 12.6. The molecule has 6 heteroatoms. The highest BCUT2D eigenvalue weighted by atomic mass is 32.2. The van der Waals surface area contributed by atoms with Crippen molar-refractivity contribution in [1.82, 2.24) is 14.3 Å². The van der Waals surface area contributed by atoms with E-state index in [9.17, 15) is 8.42 Å². The van der Waals surface area contributed by atoms with Gasteiger partial charge in [-0.15, -0.1) is 0 Å². The van der Waals surface area contributed by atoms with Crippen molar-refractivity contribution < 1.29 is 8.42 Å². The monoisotopic (exact) mass is 259 g/mol. The Hall–Kier alpha value is -0.880. The van der Waals surface area contributed by atoms with Crippen molar-refractivity contribution in [3.63, 3.8) is 0 Å². The summed E-state index contributed by atoms with van der Waals surface area (Å²) in [5.41, 5.74) is 0. The molecule has 0 saturated carbocycles. The average molecular weight is 259 g/mol. The Bertz CT molecular complexity index is 451. The molecule has 0 radical (unpaired) electrons. The van der Waals surface area contributed by atoms with Gasteiger partial charge in [-0.2, -0.15) is 4.31 Å². The maximum atomic E-state index is 12.3. The highest BCUT2D eigenvalue weighted by Crippen LogP contribution is 2.15. The summed E-state index contributed by atoms with van der Waals surface area (Å²) in [5, 5.41) is 0.192. The zero-order valence-corrected chi connectivity index (χ0v) is 11.7. The van der Waals surface area contributed by atoms with Gasteiger partial charge in [-0.3, -0.25) is 0 Å². The minimum absolute atomic E-state index is 0.192. The lowest BCUT2D eigenvalue weighted by Gasteiger charge is -2.21. The van der Waals surface area contributed by atoms with E-state index in [0.717, 1.165) is 0 Å². The Labute approximate surface area is 103 Å². The lowest BCUT2D eigenvalue weighted by atomic mass is 10.2. The summed E-state index contributed by atoms with van der Waals surface area (Å²) in [7, 11) is -3.42. The predicted octanol–water partition coefficient (Wildman–Crippen LogP) is 1.64. The van der Waals surface area contributed by atoms with E-state index in [0.29, 0.717) is 31.3 Å². The lowest BCUT2D eigenvalue weighted by molar-refractivity contribution is 0.379. The molecule has 17 heavy (non-hydrogen) atoms. The number of nitrogens with one attached hydrogen (secondary N) is 1. The minimum atomic E-state index is -3.42. The molecular weight excluding hydrogens is 238 g/mol. The SMILES string of the molecule is CCc1ncc(S(=O)(=O)N(CC)CC(C)C)[nH]1. The summed E-state index contributed by atoms with van der Waals surface area (Å²) in [6.45, 7) is 8.78. The molecule has 0 spiro atoms. The molecule has 0 aliphatic heterocycles. The Morgan fingerprint density at radius 3 is 2.47 bits per heavy atom. The van der Waals surface area contributed by atoms with E-state index in [-0.39, 0.29) is 5.03 Å². The number of nitrogens with zero attached hydrogens (tertiary/aromatic N) is 2. The van der Waals surface area contributed by atoms with Crippen LogP contribution in [0.25, 0.3) is 0 Å². The number of imidazole rings is 1. The van der Waals surface area contributed by atoms with E-state index in [2.05, 4.69) is 9.97 Å². The van der Waals surface area contributed by atoms with Crippen molar-refractivity contribution in [2.24, 2.45) is 5.92 Å². The van der Waals surface area contributed by atoms with Gasteiger partial charge in [-0.25, -0.2) is 13.4 Å². The number of hydrogen-bond acceptors (Lipinski definition) is 3. The number of aryl methyl sites for hydroxylation is 1. The fourth-order valence-corrected chi connectivity index (χ4v) is 3.14. The van der Waals surface area contributed by atoms with Gasteiger partial charge >= 0.3 is 0 Å².